The number of allylic oxidation sites excluding steroid dienone is 2. The molecule has 0 saturated carbocycles. The van der Waals surface area contributed by atoms with Crippen LogP contribution in [-0.2, 0) is 10.3 Å². The number of fused-ring (bicyclic) bond motifs is 2. The Hall–Kier alpha value is -3.10. The van der Waals surface area contributed by atoms with Crippen molar-refractivity contribution in [1.82, 2.24) is 0 Å². The number of anilines is 1. The maximum atomic E-state index is 14.5. The first-order valence-electron chi connectivity index (χ1n) is 12.7. The molecular formula is C32H30ClNO. The molecule has 0 bridgehead atoms. The maximum absolute atomic E-state index is 14.5. The van der Waals surface area contributed by atoms with E-state index < -0.39 is 11.0 Å². The Morgan fingerprint density at radius 1 is 0.800 bits per heavy atom. The standard InChI is InChI=1S/C32H30ClNO/c1-22-29(23-12-6-3-7-13-23)32(24-14-8-4-9-15-24)31(2,30(22)35)27-16-10-5-11-17-28(27)34(32)26-20-18-25(33)19-21-26/h3-4,6-9,12-15,18-21H,5,10-11,16-17H2,1-2H3/t31-,32+/m0/s1. The van der Waals surface area contributed by atoms with E-state index >= 15 is 0 Å². The fraction of sp³-hybridized carbons (Fsp3) is 0.281. The summed E-state index contributed by atoms with van der Waals surface area (Å²) in [5.74, 6) is 0.256. The van der Waals surface area contributed by atoms with E-state index in [0.717, 1.165) is 58.7 Å². The minimum absolute atomic E-state index is 0.256. The third-order valence-corrected chi connectivity index (χ3v) is 8.74. The Morgan fingerprint density at radius 2 is 1.43 bits per heavy atom. The summed E-state index contributed by atoms with van der Waals surface area (Å²) < 4.78 is 0. The Kier molecular flexibility index (Phi) is 5.27. The zero-order chi connectivity index (χ0) is 24.2. The van der Waals surface area contributed by atoms with E-state index in [9.17, 15) is 4.79 Å². The molecule has 3 aromatic rings. The molecule has 35 heavy (non-hydrogen) atoms. The Labute approximate surface area is 212 Å². The SMILES string of the molecule is CC1=C(c2ccccc2)[C@@]2(c3ccccc3)N(c3ccc(Cl)cc3)C3=C(CCCCC3)[C@@]2(C)C1=O. The summed E-state index contributed by atoms with van der Waals surface area (Å²) in [5, 5.41) is 0.719. The van der Waals surface area contributed by atoms with Gasteiger partial charge in [-0.05, 0) is 91.6 Å². The highest BCUT2D eigenvalue weighted by molar-refractivity contribution is 6.30. The summed E-state index contributed by atoms with van der Waals surface area (Å²) in [6, 6.07) is 29.4. The van der Waals surface area contributed by atoms with E-state index in [-0.39, 0.29) is 5.78 Å². The van der Waals surface area contributed by atoms with Crippen molar-refractivity contribution in [3.8, 4) is 0 Å². The van der Waals surface area contributed by atoms with Crippen LogP contribution in [0.5, 0.6) is 0 Å². The first kappa shape index (κ1) is 22.4. The Morgan fingerprint density at radius 3 is 2.11 bits per heavy atom. The first-order chi connectivity index (χ1) is 17.0. The summed E-state index contributed by atoms with van der Waals surface area (Å²) in [7, 11) is 0. The Bertz CT molecular complexity index is 1360. The highest BCUT2D eigenvalue weighted by atomic mass is 35.5. The average molecular weight is 480 g/mol. The number of benzene rings is 3. The van der Waals surface area contributed by atoms with Gasteiger partial charge in [0.25, 0.3) is 0 Å². The molecule has 0 radical (unpaired) electrons. The fourth-order valence-electron chi connectivity index (χ4n) is 7.13. The molecule has 0 N–H and O–H groups in total. The van der Waals surface area contributed by atoms with Gasteiger partial charge in [-0.1, -0.05) is 78.7 Å². The minimum atomic E-state index is -0.678. The molecule has 0 spiro atoms. The number of halogens is 1. The molecule has 3 aromatic carbocycles. The summed E-state index contributed by atoms with van der Waals surface area (Å²) in [6.45, 7) is 4.26. The molecule has 0 amide bonds. The normalized spacial score (nSPS) is 26.1. The van der Waals surface area contributed by atoms with Crippen LogP contribution in [0.1, 0.15) is 57.1 Å². The zero-order valence-corrected chi connectivity index (χ0v) is 21.1. The highest BCUT2D eigenvalue weighted by Gasteiger charge is 2.70. The smallest absolute Gasteiger partial charge is 0.172 e. The molecule has 0 aromatic heterocycles. The number of carbonyl (C=O) groups excluding carboxylic acids is 1. The van der Waals surface area contributed by atoms with Gasteiger partial charge < -0.3 is 4.90 Å². The minimum Gasteiger partial charge on any atom is -0.329 e. The van der Waals surface area contributed by atoms with Gasteiger partial charge in [-0.3, -0.25) is 4.79 Å². The quantitative estimate of drug-likeness (QED) is 0.376. The lowest BCUT2D eigenvalue weighted by molar-refractivity contribution is -0.122. The van der Waals surface area contributed by atoms with E-state index in [1.54, 1.807) is 0 Å². The number of hydrogen-bond donors (Lipinski definition) is 0. The summed E-state index contributed by atoms with van der Waals surface area (Å²) >= 11 is 6.35. The predicted octanol–water partition coefficient (Wildman–Crippen LogP) is 8.34. The van der Waals surface area contributed by atoms with E-state index in [4.69, 9.17) is 11.6 Å². The fourth-order valence-corrected chi connectivity index (χ4v) is 7.26. The number of rotatable bonds is 3. The van der Waals surface area contributed by atoms with Crippen LogP contribution in [0.25, 0.3) is 5.57 Å². The van der Waals surface area contributed by atoms with Crippen LogP contribution in [0, 0.1) is 5.41 Å². The second-order valence-corrected chi connectivity index (χ2v) is 10.6. The van der Waals surface area contributed by atoms with Crippen LogP contribution in [0.2, 0.25) is 5.02 Å². The van der Waals surface area contributed by atoms with E-state index in [0.29, 0.717) is 0 Å². The van der Waals surface area contributed by atoms with Crippen molar-refractivity contribution in [2.24, 2.45) is 5.41 Å². The zero-order valence-electron chi connectivity index (χ0n) is 20.4. The second-order valence-electron chi connectivity index (χ2n) is 10.2. The van der Waals surface area contributed by atoms with Gasteiger partial charge in [0.15, 0.2) is 5.78 Å². The monoisotopic (exact) mass is 479 g/mol. The van der Waals surface area contributed by atoms with Crippen molar-refractivity contribution < 1.29 is 4.79 Å². The van der Waals surface area contributed by atoms with Crippen molar-refractivity contribution in [2.75, 3.05) is 4.90 Å². The topological polar surface area (TPSA) is 20.3 Å². The molecule has 176 valence electrons. The summed E-state index contributed by atoms with van der Waals surface area (Å²) in [6.07, 6.45) is 5.41. The van der Waals surface area contributed by atoms with E-state index in [1.807, 2.05) is 25.1 Å². The molecule has 6 rings (SSSR count). The summed E-state index contributed by atoms with van der Waals surface area (Å²) in [4.78, 5) is 17.1. The first-order valence-corrected chi connectivity index (χ1v) is 13.0. The molecule has 0 unspecified atom stereocenters. The maximum Gasteiger partial charge on any atom is 0.172 e. The highest BCUT2D eigenvalue weighted by Crippen LogP contribution is 2.70. The van der Waals surface area contributed by atoms with Crippen LogP contribution >= 0.6 is 11.6 Å². The van der Waals surface area contributed by atoms with Gasteiger partial charge in [0.05, 0.1) is 5.41 Å². The third-order valence-electron chi connectivity index (χ3n) is 8.49. The number of Topliss-reactive ketones (excluding diaryl/α,β-unsaturated/α-hetero) is 1. The molecule has 3 aliphatic rings. The average Bonchev–Trinajstić information content (AvgIpc) is 3.07. The Balaban J connectivity index is 1.76. The van der Waals surface area contributed by atoms with Gasteiger partial charge >= 0.3 is 0 Å². The van der Waals surface area contributed by atoms with Gasteiger partial charge in [-0.25, -0.2) is 0 Å². The third kappa shape index (κ3) is 2.93. The molecule has 1 heterocycles. The molecule has 2 aliphatic carbocycles. The lowest BCUT2D eigenvalue weighted by Crippen LogP contribution is -2.52. The van der Waals surface area contributed by atoms with Crippen LogP contribution in [0.15, 0.2) is 102 Å². The van der Waals surface area contributed by atoms with Gasteiger partial charge in [0.2, 0.25) is 0 Å². The van der Waals surface area contributed by atoms with Crippen LogP contribution < -0.4 is 4.90 Å². The van der Waals surface area contributed by atoms with Gasteiger partial charge in [0, 0.05) is 16.4 Å². The van der Waals surface area contributed by atoms with Crippen molar-refractivity contribution in [3.05, 3.63) is 118 Å². The van der Waals surface area contributed by atoms with Gasteiger partial charge in [0.1, 0.15) is 5.54 Å². The molecule has 0 fully saturated rings. The molecule has 3 heteroatoms. The van der Waals surface area contributed by atoms with Crippen LogP contribution in [0.3, 0.4) is 0 Å². The molecular weight excluding hydrogens is 450 g/mol. The van der Waals surface area contributed by atoms with Crippen molar-refractivity contribution >= 4 is 28.6 Å². The van der Waals surface area contributed by atoms with Gasteiger partial charge in [-0.2, -0.15) is 0 Å². The molecule has 1 aliphatic heterocycles. The van der Waals surface area contributed by atoms with E-state index in [1.165, 1.54) is 17.7 Å². The predicted molar refractivity (Wildman–Crippen MR) is 144 cm³/mol. The molecule has 2 nitrogen and oxygen atoms in total. The number of nitrogens with zero attached hydrogens (tertiary/aromatic N) is 1. The number of carbonyl (C=O) groups is 1. The largest absolute Gasteiger partial charge is 0.329 e. The second kappa shape index (κ2) is 8.24. The van der Waals surface area contributed by atoms with Crippen LogP contribution in [-0.4, -0.2) is 5.78 Å². The molecule has 2 atom stereocenters. The number of hydrogen-bond acceptors (Lipinski definition) is 2. The lowest BCUT2D eigenvalue weighted by Gasteiger charge is -2.48. The summed E-state index contributed by atoms with van der Waals surface area (Å²) in [5.41, 5.74) is 6.67. The van der Waals surface area contributed by atoms with Crippen molar-refractivity contribution in [2.45, 2.75) is 51.5 Å². The molecule has 0 saturated heterocycles. The number of ketones is 1. The van der Waals surface area contributed by atoms with Crippen LogP contribution in [0.4, 0.5) is 5.69 Å². The van der Waals surface area contributed by atoms with Gasteiger partial charge in [-0.15, -0.1) is 0 Å². The van der Waals surface area contributed by atoms with Crippen molar-refractivity contribution in [3.63, 3.8) is 0 Å². The van der Waals surface area contributed by atoms with Crippen molar-refractivity contribution in [1.29, 1.82) is 0 Å². The van der Waals surface area contributed by atoms with E-state index in [2.05, 4.69) is 78.6 Å². The lowest BCUT2D eigenvalue weighted by atomic mass is 9.62.